The molecule has 1 saturated heterocycles. The van der Waals surface area contributed by atoms with Crippen molar-refractivity contribution in [2.24, 2.45) is 5.73 Å². The number of carbonyl (C=O) groups excluding carboxylic acids is 1. The molecular weight excluding hydrogens is 378 g/mol. The van der Waals surface area contributed by atoms with Gasteiger partial charge in [0, 0.05) is 60.8 Å². The molecule has 5 N–H and O–H groups in total. The first kappa shape index (κ1) is 21.4. The Morgan fingerprint density at radius 3 is 2.83 bits per heavy atom. The maximum atomic E-state index is 12.3. The Morgan fingerprint density at radius 1 is 1.33 bits per heavy atom. The number of pyridine rings is 1. The Morgan fingerprint density at radius 2 is 2.13 bits per heavy atom. The number of β-amino-alcohol motifs (C(OH)–C–C–N with tert-alkyl or cyclic N) is 1. The number of hydrogen-bond donors (Lipinski definition) is 4. The van der Waals surface area contributed by atoms with Crippen molar-refractivity contribution in [2.75, 3.05) is 18.4 Å². The van der Waals surface area contributed by atoms with Gasteiger partial charge < -0.3 is 21.6 Å². The van der Waals surface area contributed by atoms with E-state index in [1.54, 1.807) is 24.5 Å². The van der Waals surface area contributed by atoms with Crippen molar-refractivity contribution in [3.05, 3.63) is 71.7 Å². The number of nitrogens with zero attached hydrogens (tertiary/aromatic N) is 2. The zero-order valence-corrected chi connectivity index (χ0v) is 16.8. The van der Waals surface area contributed by atoms with Crippen LogP contribution in [0.3, 0.4) is 0 Å². The van der Waals surface area contributed by atoms with Crippen LogP contribution in [0.15, 0.2) is 55.0 Å². The number of carbonyl (C=O) groups is 1. The summed E-state index contributed by atoms with van der Waals surface area (Å²) in [5.74, 6) is -0.259. The van der Waals surface area contributed by atoms with Gasteiger partial charge >= 0.3 is 0 Å². The molecule has 30 heavy (non-hydrogen) atoms. The molecule has 1 aliphatic rings. The summed E-state index contributed by atoms with van der Waals surface area (Å²) in [5.41, 5.74) is 9.41. The van der Waals surface area contributed by atoms with E-state index >= 15 is 0 Å². The Balaban J connectivity index is 1.59. The quantitative estimate of drug-likeness (QED) is 0.418. The summed E-state index contributed by atoms with van der Waals surface area (Å²) in [5, 5.41) is 20.1. The maximum Gasteiger partial charge on any atom is 0.248 e. The zero-order chi connectivity index (χ0) is 21.3. The molecule has 0 spiro atoms. The summed E-state index contributed by atoms with van der Waals surface area (Å²) in [6, 6.07) is 9.48. The second-order valence-electron chi connectivity index (χ2n) is 7.28. The Kier molecular flexibility index (Phi) is 7.48. The number of nitrogens with two attached hydrogens (primary N) is 1. The molecular formula is C23H27N5O2. The molecule has 1 unspecified atom stereocenters. The van der Waals surface area contributed by atoms with Gasteiger partial charge in [-0.05, 0) is 54.8 Å². The van der Waals surface area contributed by atoms with Gasteiger partial charge in [0.2, 0.25) is 5.91 Å². The highest BCUT2D eigenvalue weighted by molar-refractivity contribution is 6.10. The average Bonchev–Trinajstić information content (AvgIpc) is 2.75. The second-order valence-corrected chi connectivity index (χ2v) is 7.28. The number of amides is 1. The van der Waals surface area contributed by atoms with Crippen molar-refractivity contribution >= 4 is 29.5 Å². The van der Waals surface area contributed by atoms with Gasteiger partial charge in [-0.2, -0.15) is 0 Å². The minimum atomic E-state index is -0.259. The van der Waals surface area contributed by atoms with Gasteiger partial charge in [-0.1, -0.05) is 12.1 Å². The van der Waals surface area contributed by atoms with Gasteiger partial charge in [0.25, 0.3) is 0 Å². The number of piperidine rings is 1. The molecule has 7 nitrogen and oxygen atoms in total. The van der Waals surface area contributed by atoms with Gasteiger partial charge in [-0.15, -0.1) is 0 Å². The van der Waals surface area contributed by atoms with Crippen molar-refractivity contribution in [1.29, 1.82) is 5.41 Å². The van der Waals surface area contributed by atoms with Crippen molar-refractivity contribution < 1.29 is 9.90 Å². The Hall–Kier alpha value is -3.29. The third-order valence-corrected chi connectivity index (χ3v) is 5.02. The lowest BCUT2D eigenvalue weighted by molar-refractivity contribution is -0.111. The SMILES string of the molecule is N=C/C(=C\N)c1ccncc1/C=C/C(=O)Nc1ccc(CN2CCCC(O)C2)cc1. The molecule has 0 radical (unpaired) electrons. The second kappa shape index (κ2) is 10.5. The van der Waals surface area contributed by atoms with Crippen molar-refractivity contribution in [1.82, 2.24) is 9.88 Å². The number of anilines is 1. The lowest BCUT2D eigenvalue weighted by Crippen LogP contribution is -2.37. The molecule has 1 fully saturated rings. The van der Waals surface area contributed by atoms with Crippen LogP contribution in [0.4, 0.5) is 5.69 Å². The van der Waals surface area contributed by atoms with Crippen LogP contribution in [-0.4, -0.2) is 46.3 Å². The molecule has 0 bridgehead atoms. The molecule has 1 aromatic carbocycles. The lowest BCUT2D eigenvalue weighted by Gasteiger charge is -2.29. The summed E-state index contributed by atoms with van der Waals surface area (Å²) in [7, 11) is 0. The fourth-order valence-electron chi connectivity index (χ4n) is 3.49. The van der Waals surface area contributed by atoms with E-state index in [1.807, 2.05) is 24.3 Å². The monoisotopic (exact) mass is 405 g/mol. The number of aliphatic hydroxyl groups excluding tert-OH is 1. The van der Waals surface area contributed by atoms with Crippen molar-refractivity contribution in [3.8, 4) is 0 Å². The highest BCUT2D eigenvalue weighted by atomic mass is 16.3. The summed E-state index contributed by atoms with van der Waals surface area (Å²) >= 11 is 0. The van der Waals surface area contributed by atoms with E-state index in [1.165, 1.54) is 18.5 Å². The van der Waals surface area contributed by atoms with Gasteiger partial charge in [-0.3, -0.25) is 14.7 Å². The van der Waals surface area contributed by atoms with Gasteiger partial charge in [-0.25, -0.2) is 0 Å². The van der Waals surface area contributed by atoms with Crippen LogP contribution in [0.25, 0.3) is 11.6 Å². The third-order valence-electron chi connectivity index (χ3n) is 5.02. The summed E-state index contributed by atoms with van der Waals surface area (Å²) < 4.78 is 0. The molecule has 156 valence electrons. The highest BCUT2D eigenvalue weighted by Gasteiger charge is 2.17. The number of rotatable bonds is 7. The Bertz CT molecular complexity index is 937. The molecule has 1 atom stereocenters. The van der Waals surface area contributed by atoms with Crippen LogP contribution >= 0.6 is 0 Å². The number of nitrogens with one attached hydrogen (secondary N) is 2. The smallest absolute Gasteiger partial charge is 0.248 e. The number of hydrogen-bond acceptors (Lipinski definition) is 6. The lowest BCUT2D eigenvalue weighted by atomic mass is 10.0. The van der Waals surface area contributed by atoms with Crippen LogP contribution in [0.5, 0.6) is 0 Å². The maximum absolute atomic E-state index is 12.3. The summed E-state index contributed by atoms with van der Waals surface area (Å²) in [6.07, 6.45) is 10.5. The molecule has 0 aliphatic carbocycles. The first-order valence-electron chi connectivity index (χ1n) is 9.94. The van der Waals surface area contributed by atoms with Crippen LogP contribution in [0.1, 0.15) is 29.5 Å². The average molecular weight is 406 g/mol. The zero-order valence-electron chi connectivity index (χ0n) is 16.8. The molecule has 1 aliphatic heterocycles. The van der Waals surface area contributed by atoms with Crippen LogP contribution < -0.4 is 11.1 Å². The van der Waals surface area contributed by atoms with Crippen LogP contribution in [0, 0.1) is 5.41 Å². The van der Waals surface area contributed by atoms with Gasteiger partial charge in [0.15, 0.2) is 0 Å². The van der Waals surface area contributed by atoms with Crippen molar-refractivity contribution in [3.63, 3.8) is 0 Å². The molecule has 1 aromatic heterocycles. The van der Waals surface area contributed by atoms with Crippen molar-refractivity contribution in [2.45, 2.75) is 25.5 Å². The molecule has 7 heteroatoms. The number of aliphatic hydroxyl groups is 1. The largest absolute Gasteiger partial charge is 0.404 e. The number of aromatic nitrogens is 1. The van der Waals surface area contributed by atoms with E-state index in [9.17, 15) is 9.90 Å². The fraction of sp³-hybridized carbons (Fsp3) is 0.261. The fourth-order valence-corrected chi connectivity index (χ4v) is 3.49. The van der Waals surface area contributed by atoms with E-state index in [2.05, 4.69) is 15.2 Å². The van der Waals surface area contributed by atoms with Gasteiger partial charge in [0.1, 0.15) is 0 Å². The van der Waals surface area contributed by atoms with E-state index in [4.69, 9.17) is 11.1 Å². The molecule has 2 heterocycles. The predicted molar refractivity (Wildman–Crippen MR) is 120 cm³/mol. The molecule has 0 saturated carbocycles. The molecule has 1 amide bonds. The normalized spacial score (nSPS) is 17.8. The van der Waals surface area contributed by atoms with E-state index in [-0.39, 0.29) is 12.0 Å². The molecule has 3 rings (SSSR count). The number of allylic oxidation sites excluding steroid dienone is 1. The molecule has 2 aromatic rings. The Labute approximate surface area is 176 Å². The third kappa shape index (κ3) is 5.85. The van der Waals surface area contributed by atoms with E-state index in [0.717, 1.165) is 37.1 Å². The minimum Gasteiger partial charge on any atom is -0.404 e. The summed E-state index contributed by atoms with van der Waals surface area (Å²) in [6.45, 7) is 2.49. The van der Waals surface area contributed by atoms with Gasteiger partial charge in [0.05, 0.1) is 6.10 Å². The van der Waals surface area contributed by atoms with Crippen LogP contribution in [-0.2, 0) is 11.3 Å². The van der Waals surface area contributed by atoms with E-state index in [0.29, 0.717) is 23.4 Å². The minimum absolute atomic E-state index is 0.236. The summed E-state index contributed by atoms with van der Waals surface area (Å²) in [4.78, 5) is 18.6. The number of benzene rings is 1. The first-order valence-corrected chi connectivity index (χ1v) is 9.94. The number of likely N-dealkylation sites (tertiary alicyclic amines) is 1. The van der Waals surface area contributed by atoms with Crippen LogP contribution in [0.2, 0.25) is 0 Å². The first-order chi connectivity index (χ1) is 14.6. The highest BCUT2D eigenvalue weighted by Crippen LogP contribution is 2.18. The van der Waals surface area contributed by atoms with E-state index < -0.39 is 0 Å². The predicted octanol–water partition coefficient (Wildman–Crippen LogP) is 2.64. The topological polar surface area (TPSA) is 115 Å². The standard InChI is InChI=1S/C23H27N5O2/c24-12-19(13-25)22-9-10-26-14-18(22)5-8-23(30)27-20-6-3-17(4-7-20)15-28-11-1-2-21(29)16-28/h3-10,12-14,21,24,29H,1-2,11,15-16,25H2,(H,27,30)/b8-5+,19-13+,24-12?.